The molecule has 0 radical (unpaired) electrons. The molecule has 0 fully saturated rings. The normalized spacial score (nSPS) is 14.0. The first-order chi connectivity index (χ1) is 48.6. The summed E-state index contributed by atoms with van der Waals surface area (Å²) in [6, 6.07) is 0. The van der Waals surface area contributed by atoms with E-state index in [2.05, 4.69) is 55.4 Å². The van der Waals surface area contributed by atoms with E-state index in [0.29, 0.717) is 31.6 Å². The number of hydrogen-bond donors (Lipinski definition) is 3. The Labute approximate surface area is 619 Å². The summed E-state index contributed by atoms with van der Waals surface area (Å²) in [5.41, 5.74) is 0. The number of esters is 4. The number of phosphoric ester groups is 2. The summed E-state index contributed by atoms with van der Waals surface area (Å²) >= 11 is 0. The lowest BCUT2D eigenvalue weighted by Crippen LogP contribution is -2.30. The molecule has 0 heterocycles. The van der Waals surface area contributed by atoms with Crippen LogP contribution in [0.25, 0.3) is 0 Å². The molecule has 0 aromatic carbocycles. The van der Waals surface area contributed by atoms with Crippen LogP contribution in [0.3, 0.4) is 0 Å². The molecular weight excluding hydrogens is 1320 g/mol. The van der Waals surface area contributed by atoms with E-state index in [-0.39, 0.29) is 25.7 Å². The third kappa shape index (κ3) is 76.1. The lowest BCUT2D eigenvalue weighted by molar-refractivity contribution is -0.161. The van der Waals surface area contributed by atoms with Gasteiger partial charge >= 0.3 is 39.5 Å². The first kappa shape index (κ1) is 99.1. The van der Waals surface area contributed by atoms with Crippen LogP contribution >= 0.6 is 15.6 Å². The number of aliphatic hydroxyl groups is 1. The van der Waals surface area contributed by atoms with Crippen LogP contribution in [0.4, 0.5) is 0 Å². The Bertz CT molecular complexity index is 1970. The highest BCUT2D eigenvalue weighted by Crippen LogP contribution is 2.45. The van der Waals surface area contributed by atoms with E-state index in [1.807, 2.05) is 0 Å². The van der Waals surface area contributed by atoms with Crippen molar-refractivity contribution in [2.45, 2.75) is 440 Å². The second-order valence-corrected chi connectivity index (χ2v) is 34.3. The first-order valence-electron chi connectivity index (χ1n) is 42.2. The molecule has 5 atom stereocenters. The summed E-state index contributed by atoms with van der Waals surface area (Å²) < 4.78 is 68.8. The fraction of sp³-hybridized carbons (Fsp3) is 0.951. The van der Waals surface area contributed by atoms with Crippen molar-refractivity contribution in [2.75, 3.05) is 39.6 Å². The van der Waals surface area contributed by atoms with Gasteiger partial charge in [-0.15, -0.1) is 0 Å². The number of unbranched alkanes of at least 4 members (excludes halogenated alkanes) is 45. The molecule has 3 unspecified atom stereocenters. The minimum absolute atomic E-state index is 0.106. The molecule has 101 heavy (non-hydrogen) atoms. The van der Waals surface area contributed by atoms with Gasteiger partial charge in [0.05, 0.1) is 26.4 Å². The van der Waals surface area contributed by atoms with Gasteiger partial charge in [0.15, 0.2) is 12.2 Å². The van der Waals surface area contributed by atoms with Gasteiger partial charge in [0, 0.05) is 25.7 Å². The van der Waals surface area contributed by atoms with Crippen LogP contribution in [0.2, 0.25) is 0 Å². The van der Waals surface area contributed by atoms with E-state index in [9.17, 15) is 43.2 Å². The average Bonchev–Trinajstić information content (AvgIpc) is 0.930. The van der Waals surface area contributed by atoms with Gasteiger partial charge in [0.1, 0.15) is 19.3 Å². The first-order valence-corrected chi connectivity index (χ1v) is 45.2. The van der Waals surface area contributed by atoms with Gasteiger partial charge in [-0.25, -0.2) is 9.13 Å². The number of hydrogen-bond acceptors (Lipinski definition) is 15. The Kier molecular flexibility index (Phi) is 69.6. The fourth-order valence-corrected chi connectivity index (χ4v) is 14.2. The van der Waals surface area contributed by atoms with Gasteiger partial charge in [-0.1, -0.05) is 370 Å². The summed E-state index contributed by atoms with van der Waals surface area (Å²) in [7, 11) is -9.92. The Hall–Kier alpha value is -1.94. The predicted octanol–water partition coefficient (Wildman–Crippen LogP) is 24.4. The summed E-state index contributed by atoms with van der Waals surface area (Å²) in [4.78, 5) is 73.1. The Balaban J connectivity index is 5.25. The van der Waals surface area contributed by atoms with Crippen LogP contribution in [-0.4, -0.2) is 96.7 Å². The van der Waals surface area contributed by atoms with Crippen LogP contribution < -0.4 is 0 Å². The van der Waals surface area contributed by atoms with Gasteiger partial charge in [-0.2, -0.15) is 0 Å². The lowest BCUT2D eigenvalue weighted by Gasteiger charge is -2.21. The SMILES string of the molecule is CC(C)CCCCCCCCCCCCCCCCCC(=O)O[C@H](COC(=O)CCCCCCCCCCCCCCCCC(C)C)COP(=O)(O)OCC(O)COP(=O)(O)OC[C@@H](COC(=O)CCCCCCCCCC(C)C)OC(=O)CCCCCCCCCCCCCCCC(C)C. The number of aliphatic hydroxyl groups excluding tert-OH is 1. The third-order valence-corrected chi connectivity index (χ3v) is 21.0. The van der Waals surface area contributed by atoms with Crippen LogP contribution in [0, 0.1) is 23.7 Å². The van der Waals surface area contributed by atoms with Gasteiger partial charge in [-0.3, -0.25) is 37.3 Å². The highest BCUT2D eigenvalue weighted by Gasteiger charge is 2.30. The number of ether oxygens (including phenoxy) is 4. The Morgan fingerprint density at radius 2 is 0.416 bits per heavy atom. The molecule has 0 amide bonds. The van der Waals surface area contributed by atoms with Crippen molar-refractivity contribution in [2.24, 2.45) is 23.7 Å². The molecule has 17 nitrogen and oxygen atoms in total. The molecule has 0 aromatic heterocycles. The standard InChI is InChI=1S/C82H160O17P2/c1-72(2)58-50-42-34-27-21-15-10-9-11-19-25-31-39-48-56-64-81(86)98-77(68-92-79(84)62-54-46-38-30-24-18-13-12-16-22-28-35-43-51-59-73(3)4)70-96-100(88,89)94-66-76(83)67-95-101(90,91)97-71-78(69-93-80(85)63-55-47-41-33-37-45-53-61-75(7)8)99-82(87)65-57-49-40-32-26-20-14-17-23-29-36-44-52-60-74(5)6/h72-78,83H,9-71H2,1-8H3,(H,88,89)(H,90,91)/t76?,77-,78-/m1/s1. The molecule has 3 N–H and O–H groups in total. The topological polar surface area (TPSA) is 237 Å². The number of phosphoric acid groups is 2. The zero-order chi connectivity index (χ0) is 74.6. The second-order valence-electron chi connectivity index (χ2n) is 31.4. The largest absolute Gasteiger partial charge is 0.472 e. The van der Waals surface area contributed by atoms with E-state index in [0.717, 1.165) is 114 Å². The van der Waals surface area contributed by atoms with Crippen LogP contribution in [0.15, 0.2) is 0 Å². The van der Waals surface area contributed by atoms with Crippen molar-refractivity contribution < 1.29 is 80.2 Å². The minimum atomic E-state index is -4.96. The molecule has 0 spiro atoms. The van der Waals surface area contributed by atoms with Crippen molar-refractivity contribution in [3.8, 4) is 0 Å². The van der Waals surface area contributed by atoms with Gasteiger partial charge in [-0.05, 0) is 49.4 Å². The maximum Gasteiger partial charge on any atom is 0.472 e. The molecule has 0 aliphatic carbocycles. The van der Waals surface area contributed by atoms with Crippen LogP contribution in [0.1, 0.15) is 421 Å². The minimum Gasteiger partial charge on any atom is -0.462 e. The molecule has 0 bridgehead atoms. The summed E-state index contributed by atoms with van der Waals surface area (Å²) in [6.07, 6.45) is 58.3. The van der Waals surface area contributed by atoms with E-state index in [4.69, 9.17) is 37.0 Å². The van der Waals surface area contributed by atoms with Crippen molar-refractivity contribution >= 4 is 39.5 Å². The average molecular weight is 1480 g/mol. The smallest absolute Gasteiger partial charge is 0.462 e. The van der Waals surface area contributed by atoms with E-state index < -0.39 is 97.5 Å². The fourth-order valence-electron chi connectivity index (χ4n) is 12.6. The van der Waals surface area contributed by atoms with Gasteiger partial charge in [0.25, 0.3) is 0 Å². The van der Waals surface area contributed by atoms with E-state index >= 15 is 0 Å². The van der Waals surface area contributed by atoms with Crippen LogP contribution in [0.5, 0.6) is 0 Å². The summed E-state index contributed by atoms with van der Waals surface area (Å²) in [5.74, 6) is 0.981. The molecular formula is C82H160O17P2. The van der Waals surface area contributed by atoms with E-state index in [1.165, 1.54) is 218 Å². The summed E-state index contributed by atoms with van der Waals surface area (Å²) in [6.45, 7) is 14.3. The lowest BCUT2D eigenvalue weighted by atomic mass is 10.0. The highest BCUT2D eigenvalue weighted by molar-refractivity contribution is 7.47. The van der Waals surface area contributed by atoms with Crippen LogP contribution in [-0.2, 0) is 65.4 Å². The number of carbonyl (C=O) groups excluding carboxylic acids is 4. The molecule has 0 aliphatic rings. The molecule has 0 aromatic rings. The second kappa shape index (κ2) is 71.0. The zero-order valence-electron chi connectivity index (χ0n) is 66.5. The Morgan fingerprint density at radius 3 is 0.614 bits per heavy atom. The maximum absolute atomic E-state index is 13.1. The van der Waals surface area contributed by atoms with Crippen molar-refractivity contribution in [1.82, 2.24) is 0 Å². The van der Waals surface area contributed by atoms with Crippen molar-refractivity contribution in [3.05, 3.63) is 0 Å². The van der Waals surface area contributed by atoms with Crippen molar-refractivity contribution in [3.63, 3.8) is 0 Å². The molecule has 600 valence electrons. The molecule has 0 saturated carbocycles. The maximum atomic E-state index is 13.1. The predicted molar refractivity (Wildman–Crippen MR) is 414 cm³/mol. The third-order valence-electron chi connectivity index (χ3n) is 19.1. The zero-order valence-corrected chi connectivity index (χ0v) is 68.3. The van der Waals surface area contributed by atoms with Crippen molar-refractivity contribution in [1.29, 1.82) is 0 Å². The molecule has 19 heteroatoms. The molecule has 0 aliphatic heterocycles. The Morgan fingerprint density at radius 1 is 0.248 bits per heavy atom. The quantitative estimate of drug-likeness (QED) is 0.0222. The number of rotatable bonds is 79. The number of carbonyl (C=O) groups is 4. The monoisotopic (exact) mass is 1480 g/mol. The molecule has 0 saturated heterocycles. The van der Waals surface area contributed by atoms with E-state index in [1.54, 1.807) is 0 Å². The van der Waals surface area contributed by atoms with Gasteiger partial charge < -0.3 is 33.8 Å². The highest BCUT2D eigenvalue weighted by atomic mass is 31.2. The van der Waals surface area contributed by atoms with Gasteiger partial charge in [0.2, 0.25) is 0 Å². The molecule has 0 rings (SSSR count). The summed E-state index contributed by atoms with van der Waals surface area (Å²) in [5, 5.41) is 10.6.